The average Bonchev–Trinajstić information content (AvgIpc) is 2.30. The molecule has 1 aromatic carbocycles. The van der Waals surface area contributed by atoms with E-state index in [0.29, 0.717) is 17.9 Å². The Morgan fingerprint density at radius 3 is 2.41 bits per heavy atom. The second-order valence-corrected chi connectivity index (χ2v) is 5.25. The largest absolute Gasteiger partial charge is 0.494 e. The van der Waals surface area contributed by atoms with Crippen LogP contribution in [0.5, 0.6) is 5.75 Å². The molecule has 0 aromatic heterocycles. The molecule has 0 aliphatic carbocycles. The van der Waals surface area contributed by atoms with Gasteiger partial charge in [-0.3, -0.25) is 9.00 Å². The highest BCUT2D eigenvalue weighted by Crippen LogP contribution is 2.12. The fraction of sp³-hybridized carbons (Fsp3) is 0.462. The van der Waals surface area contributed by atoms with Crippen LogP contribution in [0.3, 0.4) is 0 Å². The molecule has 1 atom stereocenters. The first-order valence-corrected chi connectivity index (χ1v) is 7.27. The maximum absolute atomic E-state index is 11.8. The highest BCUT2D eigenvalue weighted by molar-refractivity contribution is 7.85. The molecule has 0 aliphatic heterocycles. The van der Waals surface area contributed by atoms with E-state index in [4.69, 9.17) is 4.74 Å². The second kappa shape index (κ2) is 7.22. The zero-order valence-electron chi connectivity index (χ0n) is 10.3. The van der Waals surface area contributed by atoms with Gasteiger partial charge in [-0.25, -0.2) is 0 Å². The van der Waals surface area contributed by atoms with Crippen molar-refractivity contribution in [2.24, 2.45) is 0 Å². The molecule has 0 N–H and O–H groups in total. The van der Waals surface area contributed by atoms with Gasteiger partial charge in [-0.2, -0.15) is 0 Å². The Hall–Kier alpha value is -1.16. The van der Waals surface area contributed by atoms with Crippen LogP contribution in [0.25, 0.3) is 0 Å². The molecule has 4 heteroatoms. The molecular weight excluding hydrogens is 236 g/mol. The molecule has 1 aromatic rings. The molecule has 1 rings (SSSR count). The molecule has 0 radical (unpaired) electrons. The van der Waals surface area contributed by atoms with Gasteiger partial charge in [0, 0.05) is 22.1 Å². The number of ether oxygens (including phenoxy) is 1. The van der Waals surface area contributed by atoms with E-state index in [2.05, 4.69) is 0 Å². The predicted octanol–water partition coefficient (Wildman–Crippen LogP) is 2.43. The first-order valence-electron chi connectivity index (χ1n) is 5.78. The van der Waals surface area contributed by atoms with Gasteiger partial charge >= 0.3 is 0 Å². The maximum atomic E-state index is 11.8. The fourth-order valence-corrected chi connectivity index (χ4v) is 2.49. The average molecular weight is 254 g/mol. The third-order valence-corrected chi connectivity index (χ3v) is 3.66. The summed E-state index contributed by atoms with van der Waals surface area (Å²) in [5, 5.41) is 0. The van der Waals surface area contributed by atoms with Crippen molar-refractivity contribution in [3.05, 3.63) is 29.8 Å². The summed E-state index contributed by atoms with van der Waals surface area (Å²) < 4.78 is 16.8. The number of carbonyl (C=O) groups excluding carboxylic acids is 1. The fourth-order valence-electron chi connectivity index (χ4n) is 1.43. The zero-order chi connectivity index (χ0) is 12.7. The van der Waals surface area contributed by atoms with Gasteiger partial charge in [0.2, 0.25) is 0 Å². The Kier molecular flexibility index (Phi) is 5.91. The molecular formula is C13H18O3S. The number of rotatable bonds is 7. The summed E-state index contributed by atoms with van der Waals surface area (Å²) in [5.74, 6) is 1.38. The molecule has 0 amide bonds. The van der Waals surface area contributed by atoms with Crippen molar-refractivity contribution in [3.63, 3.8) is 0 Å². The van der Waals surface area contributed by atoms with Crippen molar-refractivity contribution in [2.45, 2.75) is 20.3 Å². The quantitative estimate of drug-likeness (QED) is 0.702. The van der Waals surface area contributed by atoms with Crippen LogP contribution in [-0.2, 0) is 10.8 Å². The Bertz CT molecular complexity index is 384. The van der Waals surface area contributed by atoms with Crippen LogP contribution in [0, 0.1) is 0 Å². The van der Waals surface area contributed by atoms with Gasteiger partial charge in [0.25, 0.3) is 0 Å². The van der Waals surface area contributed by atoms with Crippen LogP contribution in [0.2, 0.25) is 0 Å². The number of carbonyl (C=O) groups is 1. The lowest BCUT2D eigenvalue weighted by Gasteiger charge is -2.04. The van der Waals surface area contributed by atoms with E-state index < -0.39 is 10.8 Å². The molecule has 3 nitrogen and oxygen atoms in total. The molecule has 0 heterocycles. The second-order valence-electron chi connectivity index (χ2n) is 3.67. The Balaban J connectivity index is 2.60. The minimum Gasteiger partial charge on any atom is -0.494 e. The van der Waals surface area contributed by atoms with Crippen LogP contribution >= 0.6 is 0 Å². The van der Waals surface area contributed by atoms with E-state index >= 15 is 0 Å². The predicted molar refractivity (Wildman–Crippen MR) is 70.1 cm³/mol. The number of benzene rings is 1. The standard InChI is InChI=1S/C13H18O3S/c1-3-9-17(15)10-13(14)11-5-7-12(8-6-11)16-4-2/h5-8H,3-4,9-10H2,1-2H3. The van der Waals surface area contributed by atoms with Crippen molar-refractivity contribution in [3.8, 4) is 5.75 Å². The minimum atomic E-state index is -1.04. The molecule has 0 bridgehead atoms. The Morgan fingerprint density at radius 1 is 1.24 bits per heavy atom. The van der Waals surface area contributed by atoms with E-state index in [-0.39, 0.29) is 11.5 Å². The summed E-state index contributed by atoms with van der Waals surface area (Å²) in [6, 6.07) is 6.96. The molecule has 0 spiro atoms. The Morgan fingerprint density at radius 2 is 1.88 bits per heavy atom. The lowest BCUT2D eigenvalue weighted by Crippen LogP contribution is -2.12. The molecule has 0 saturated heterocycles. The van der Waals surface area contributed by atoms with Gasteiger partial charge in [-0.15, -0.1) is 0 Å². The minimum absolute atomic E-state index is 0.0696. The summed E-state index contributed by atoms with van der Waals surface area (Å²) in [5.41, 5.74) is 0.595. The highest BCUT2D eigenvalue weighted by atomic mass is 32.2. The molecule has 0 fully saturated rings. The third-order valence-electron chi connectivity index (χ3n) is 2.21. The van der Waals surface area contributed by atoms with E-state index in [1.54, 1.807) is 24.3 Å². The monoisotopic (exact) mass is 254 g/mol. The van der Waals surface area contributed by atoms with Crippen molar-refractivity contribution >= 4 is 16.6 Å². The van der Waals surface area contributed by atoms with E-state index in [1.165, 1.54) is 0 Å². The highest BCUT2D eigenvalue weighted by Gasteiger charge is 2.09. The normalized spacial score (nSPS) is 12.1. The topological polar surface area (TPSA) is 43.4 Å². The van der Waals surface area contributed by atoms with Gasteiger partial charge in [-0.05, 0) is 37.6 Å². The smallest absolute Gasteiger partial charge is 0.175 e. The molecule has 1 unspecified atom stereocenters. The van der Waals surface area contributed by atoms with Crippen LogP contribution in [0.15, 0.2) is 24.3 Å². The van der Waals surface area contributed by atoms with Gasteiger partial charge in [-0.1, -0.05) is 6.92 Å². The maximum Gasteiger partial charge on any atom is 0.175 e. The van der Waals surface area contributed by atoms with E-state index in [0.717, 1.165) is 12.2 Å². The molecule has 94 valence electrons. The Labute approximate surface area is 105 Å². The first kappa shape index (κ1) is 13.9. The van der Waals surface area contributed by atoms with Crippen LogP contribution in [0.4, 0.5) is 0 Å². The van der Waals surface area contributed by atoms with Crippen molar-refractivity contribution in [1.82, 2.24) is 0 Å². The number of Topliss-reactive ketones (excluding diaryl/α,β-unsaturated/α-hetero) is 1. The van der Waals surface area contributed by atoms with E-state index in [1.807, 2.05) is 13.8 Å². The van der Waals surface area contributed by atoms with Gasteiger partial charge in [0.05, 0.1) is 12.4 Å². The number of ketones is 1. The molecule has 0 saturated carbocycles. The van der Waals surface area contributed by atoms with Crippen molar-refractivity contribution in [1.29, 1.82) is 0 Å². The first-order chi connectivity index (χ1) is 8.17. The zero-order valence-corrected chi connectivity index (χ0v) is 11.1. The van der Waals surface area contributed by atoms with Crippen molar-refractivity contribution < 1.29 is 13.7 Å². The summed E-state index contributed by atoms with van der Waals surface area (Å²) in [4.78, 5) is 11.8. The van der Waals surface area contributed by atoms with Gasteiger partial charge in [0.15, 0.2) is 5.78 Å². The lowest BCUT2D eigenvalue weighted by molar-refractivity contribution is 0.102. The summed E-state index contributed by atoms with van der Waals surface area (Å²) in [6.07, 6.45) is 0.836. The number of hydrogen-bond acceptors (Lipinski definition) is 3. The van der Waals surface area contributed by atoms with Gasteiger partial charge < -0.3 is 4.74 Å². The van der Waals surface area contributed by atoms with Crippen LogP contribution < -0.4 is 4.74 Å². The number of hydrogen-bond donors (Lipinski definition) is 0. The summed E-state index contributed by atoms with van der Waals surface area (Å²) >= 11 is 0. The molecule has 17 heavy (non-hydrogen) atoms. The van der Waals surface area contributed by atoms with Crippen molar-refractivity contribution in [2.75, 3.05) is 18.1 Å². The lowest BCUT2D eigenvalue weighted by atomic mass is 10.1. The molecule has 0 aliphatic rings. The van der Waals surface area contributed by atoms with Gasteiger partial charge in [0.1, 0.15) is 5.75 Å². The summed E-state index contributed by atoms with van der Waals surface area (Å²) in [7, 11) is -1.04. The third kappa shape index (κ3) is 4.69. The van der Waals surface area contributed by atoms with Crippen LogP contribution in [-0.4, -0.2) is 28.1 Å². The SMILES string of the molecule is CCCS(=O)CC(=O)c1ccc(OCC)cc1. The summed E-state index contributed by atoms with van der Waals surface area (Å²) in [6.45, 7) is 4.47. The van der Waals surface area contributed by atoms with Crippen LogP contribution in [0.1, 0.15) is 30.6 Å². The van der Waals surface area contributed by atoms with E-state index in [9.17, 15) is 9.00 Å².